The van der Waals surface area contributed by atoms with Gasteiger partial charge in [0.15, 0.2) is 5.13 Å². The van der Waals surface area contributed by atoms with E-state index in [4.69, 9.17) is 0 Å². The summed E-state index contributed by atoms with van der Waals surface area (Å²) in [5.74, 6) is 0. The average molecular weight is 283 g/mol. The Labute approximate surface area is 122 Å². The summed E-state index contributed by atoms with van der Waals surface area (Å²) >= 11 is 1.70. The van der Waals surface area contributed by atoms with Crippen LogP contribution in [0.25, 0.3) is 10.2 Å². The van der Waals surface area contributed by atoms with Gasteiger partial charge in [-0.15, -0.1) is 0 Å². The number of rotatable bonds is 5. The number of fused-ring (bicyclic) bond motifs is 1. The Bertz CT molecular complexity index is 645. The van der Waals surface area contributed by atoms with Gasteiger partial charge in [-0.2, -0.15) is 0 Å². The zero-order valence-corrected chi connectivity index (χ0v) is 12.2. The number of likely N-dealkylation sites (N-methyl/N-ethyl adjacent to an activating group) is 1. The van der Waals surface area contributed by atoms with Crippen molar-refractivity contribution in [2.24, 2.45) is 0 Å². The molecule has 2 aromatic carbocycles. The van der Waals surface area contributed by atoms with Crippen LogP contribution in [0.15, 0.2) is 54.6 Å². The van der Waals surface area contributed by atoms with Crippen LogP contribution in [0.5, 0.6) is 0 Å². The maximum absolute atomic E-state index is 4.57. The number of anilines is 2. The summed E-state index contributed by atoms with van der Waals surface area (Å²) in [6.07, 6.45) is 0. The zero-order chi connectivity index (χ0) is 13.8. The Morgan fingerprint density at radius 1 is 1.05 bits per heavy atom. The van der Waals surface area contributed by atoms with Gasteiger partial charge in [0.05, 0.1) is 10.2 Å². The SMILES string of the molecule is CN(CCNc1nc2ccccc2s1)c1ccccc1. The highest BCUT2D eigenvalue weighted by Crippen LogP contribution is 2.25. The van der Waals surface area contributed by atoms with Gasteiger partial charge in [0, 0.05) is 25.8 Å². The number of thiazole rings is 1. The number of hydrogen-bond donors (Lipinski definition) is 1. The van der Waals surface area contributed by atoms with Crippen LogP contribution in [-0.4, -0.2) is 25.1 Å². The van der Waals surface area contributed by atoms with Crippen molar-refractivity contribution < 1.29 is 0 Å². The molecule has 0 bridgehead atoms. The van der Waals surface area contributed by atoms with Gasteiger partial charge in [0.25, 0.3) is 0 Å². The summed E-state index contributed by atoms with van der Waals surface area (Å²) in [7, 11) is 2.11. The van der Waals surface area contributed by atoms with Crippen LogP contribution >= 0.6 is 11.3 Å². The third kappa shape index (κ3) is 2.91. The summed E-state index contributed by atoms with van der Waals surface area (Å²) in [5, 5.41) is 4.39. The second-order valence-corrected chi connectivity index (χ2v) is 5.70. The van der Waals surface area contributed by atoms with Gasteiger partial charge in [-0.1, -0.05) is 41.7 Å². The van der Waals surface area contributed by atoms with E-state index in [1.165, 1.54) is 10.4 Å². The molecule has 0 aliphatic carbocycles. The molecule has 1 N–H and O–H groups in total. The van der Waals surface area contributed by atoms with Crippen molar-refractivity contribution in [3.8, 4) is 0 Å². The van der Waals surface area contributed by atoms with Gasteiger partial charge in [-0.05, 0) is 24.3 Å². The van der Waals surface area contributed by atoms with E-state index in [1.807, 2.05) is 24.3 Å². The lowest BCUT2D eigenvalue weighted by Gasteiger charge is -2.19. The summed E-state index contributed by atoms with van der Waals surface area (Å²) in [6, 6.07) is 18.6. The number of nitrogens with one attached hydrogen (secondary N) is 1. The quantitative estimate of drug-likeness (QED) is 0.771. The summed E-state index contributed by atoms with van der Waals surface area (Å²) < 4.78 is 1.23. The minimum Gasteiger partial charge on any atom is -0.373 e. The van der Waals surface area contributed by atoms with E-state index in [0.717, 1.165) is 23.7 Å². The number of hydrogen-bond acceptors (Lipinski definition) is 4. The fourth-order valence-electron chi connectivity index (χ4n) is 2.09. The molecule has 0 saturated carbocycles. The smallest absolute Gasteiger partial charge is 0.183 e. The Hall–Kier alpha value is -2.07. The molecule has 0 fully saturated rings. The molecule has 3 aromatic rings. The molecule has 0 amide bonds. The number of aromatic nitrogens is 1. The summed E-state index contributed by atoms with van der Waals surface area (Å²) in [4.78, 5) is 6.81. The monoisotopic (exact) mass is 283 g/mol. The predicted molar refractivity (Wildman–Crippen MR) is 87.8 cm³/mol. The van der Waals surface area contributed by atoms with E-state index >= 15 is 0 Å². The molecule has 0 aliphatic rings. The largest absolute Gasteiger partial charge is 0.373 e. The van der Waals surface area contributed by atoms with Crippen LogP contribution in [-0.2, 0) is 0 Å². The van der Waals surface area contributed by atoms with Crippen molar-refractivity contribution in [3.63, 3.8) is 0 Å². The zero-order valence-electron chi connectivity index (χ0n) is 11.4. The van der Waals surface area contributed by atoms with E-state index in [0.29, 0.717) is 0 Å². The Balaban J connectivity index is 1.57. The lowest BCUT2D eigenvalue weighted by molar-refractivity contribution is 0.914. The molecule has 0 atom stereocenters. The Morgan fingerprint density at radius 3 is 2.60 bits per heavy atom. The van der Waals surface area contributed by atoms with E-state index in [-0.39, 0.29) is 0 Å². The molecule has 0 unspecified atom stereocenters. The number of nitrogens with zero attached hydrogens (tertiary/aromatic N) is 2. The molecule has 0 radical (unpaired) electrons. The first kappa shape index (κ1) is 12.9. The van der Waals surface area contributed by atoms with Gasteiger partial charge in [0.1, 0.15) is 0 Å². The normalized spacial score (nSPS) is 10.7. The van der Waals surface area contributed by atoms with Crippen molar-refractivity contribution in [1.29, 1.82) is 0 Å². The molecule has 0 aliphatic heterocycles. The molecule has 0 saturated heterocycles. The van der Waals surface area contributed by atoms with E-state index in [9.17, 15) is 0 Å². The second-order valence-electron chi connectivity index (χ2n) is 4.67. The third-order valence-electron chi connectivity index (χ3n) is 3.21. The van der Waals surface area contributed by atoms with E-state index in [1.54, 1.807) is 11.3 Å². The highest BCUT2D eigenvalue weighted by molar-refractivity contribution is 7.22. The van der Waals surface area contributed by atoms with Crippen molar-refractivity contribution in [3.05, 3.63) is 54.6 Å². The Morgan fingerprint density at radius 2 is 1.80 bits per heavy atom. The molecule has 1 aromatic heterocycles. The highest BCUT2D eigenvalue weighted by atomic mass is 32.1. The van der Waals surface area contributed by atoms with Crippen molar-refractivity contribution in [2.75, 3.05) is 30.4 Å². The van der Waals surface area contributed by atoms with Gasteiger partial charge < -0.3 is 10.2 Å². The summed E-state index contributed by atoms with van der Waals surface area (Å²) in [6.45, 7) is 1.82. The molecule has 3 rings (SSSR count). The molecular weight excluding hydrogens is 266 g/mol. The first-order valence-electron chi connectivity index (χ1n) is 6.68. The molecule has 4 heteroatoms. The first-order chi connectivity index (χ1) is 9.83. The van der Waals surface area contributed by atoms with Crippen molar-refractivity contribution in [2.45, 2.75) is 0 Å². The lowest BCUT2D eigenvalue weighted by atomic mass is 10.3. The van der Waals surface area contributed by atoms with Gasteiger partial charge in [-0.25, -0.2) is 4.98 Å². The topological polar surface area (TPSA) is 28.2 Å². The van der Waals surface area contributed by atoms with Gasteiger partial charge >= 0.3 is 0 Å². The molecule has 3 nitrogen and oxygen atoms in total. The first-order valence-corrected chi connectivity index (χ1v) is 7.50. The van der Waals surface area contributed by atoms with Crippen LogP contribution in [0, 0.1) is 0 Å². The number of para-hydroxylation sites is 2. The van der Waals surface area contributed by atoms with Crippen LogP contribution in [0.1, 0.15) is 0 Å². The lowest BCUT2D eigenvalue weighted by Crippen LogP contribution is -2.24. The van der Waals surface area contributed by atoms with Gasteiger partial charge in [0.2, 0.25) is 0 Å². The fraction of sp³-hybridized carbons (Fsp3) is 0.188. The number of benzene rings is 2. The highest BCUT2D eigenvalue weighted by Gasteiger charge is 2.03. The average Bonchev–Trinajstić information content (AvgIpc) is 2.90. The van der Waals surface area contributed by atoms with Crippen LogP contribution in [0.4, 0.5) is 10.8 Å². The van der Waals surface area contributed by atoms with E-state index in [2.05, 4.69) is 52.6 Å². The Kier molecular flexibility index (Phi) is 3.83. The summed E-state index contributed by atoms with van der Waals surface area (Å²) in [5.41, 5.74) is 2.30. The van der Waals surface area contributed by atoms with E-state index < -0.39 is 0 Å². The standard InChI is InChI=1S/C16H17N3S/c1-19(13-7-3-2-4-8-13)12-11-17-16-18-14-9-5-6-10-15(14)20-16/h2-10H,11-12H2,1H3,(H,17,18). The maximum Gasteiger partial charge on any atom is 0.183 e. The van der Waals surface area contributed by atoms with Crippen LogP contribution < -0.4 is 10.2 Å². The fourth-order valence-corrected chi connectivity index (χ4v) is 2.98. The molecule has 20 heavy (non-hydrogen) atoms. The van der Waals surface area contributed by atoms with Crippen LogP contribution in [0.3, 0.4) is 0 Å². The minimum atomic E-state index is 0.880. The maximum atomic E-state index is 4.57. The molecule has 1 heterocycles. The molecular formula is C16H17N3S. The third-order valence-corrected chi connectivity index (χ3v) is 4.21. The van der Waals surface area contributed by atoms with Crippen LogP contribution in [0.2, 0.25) is 0 Å². The minimum absolute atomic E-state index is 0.880. The predicted octanol–water partition coefficient (Wildman–Crippen LogP) is 3.84. The molecule has 102 valence electrons. The van der Waals surface area contributed by atoms with Gasteiger partial charge in [-0.3, -0.25) is 0 Å². The van der Waals surface area contributed by atoms with Crippen molar-refractivity contribution in [1.82, 2.24) is 4.98 Å². The van der Waals surface area contributed by atoms with Crippen molar-refractivity contribution >= 4 is 32.4 Å². The molecule has 0 spiro atoms. The second kappa shape index (κ2) is 5.92.